The van der Waals surface area contributed by atoms with E-state index in [1.54, 1.807) is 0 Å². The summed E-state index contributed by atoms with van der Waals surface area (Å²) in [4.78, 5) is 13.1. The molecule has 0 aliphatic rings. The van der Waals surface area contributed by atoms with Gasteiger partial charge < -0.3 is 10.2 Å². The summed E-state index contributed by atoms with van der Waals surface area (Å²) in [6.45, 7) is 8.00. The number of carbonyl (C=O) groups excluding carboxylic acids is 1. The standard InChI is InChI=1S/C8H17BrN2O/c1-3-11(4-2)6-5-10-8(12)7-9/h3-7H2,1-2H3,(H,10,12). The quantitative estimate of drug-likeness (QED) is 0.694. The second-order valence-electron chi connectivity index (χ2n) is 2.51. The third-order valence-corrected chi connectivity index (χ3v) is 2.28. The Labute approximate surface area is 82.6 Å². The summed E-state index contributed by atoms with van der Waals surface area (Å²) in [5.74, 6) is 0.0576. The summed E-state index contributed by atoms with van der Waals surface area (Å²) in [5.41, 5.74) is 0. The third-order valence-electron chi connectivity index (χ3n) is 1.77. The molecule has 0 heterocycles. The van der Waals surface area contributed by atoms with Crippen molar-refractivity contribution in [1.82, 2.24) is 10.2 Å². The van der Waals surface area contributed by atoms with Gasteiger partial charge in [-0.2, -0.15) is 0 Å². The van der Waals surface area contributed by atoms with Crippen molar-refractivity contribution < 1.29 is 4.79 Å². The van der Waals surface area contributed by atoms with Gasteiger partial charge in [0.15, 0.2) is 0 Å². The number of nitrogens with one attached hydrogen (secondary N) is 1. The lowest BCUT2D eigenvalue weighted by Crippen LogP contribution is -2.35. The lowest BCUT2D eigenvalue weighted by molar-refractivity contribution is -0.118. The van der Waals surface area contributed by atoms with Crippen molar-refractivity contribution in [3.05, 3.63) is 0 Å². The molecule has 0 atom stereocenters. The fourth-order valence-electron chi connectivity index (χ4n) is 0.941. The Bertz CT molecular complexity index is 126. The molecule has 0 aliphatic carbocycles. The van der Waals surface area contributed by atoms with Gasteiger partial charge in [0.1, 0.15) is 0 Å². The first-order valence-electron chi connectivity index (χ1n) is 4.29. The minimum absolute atomic E-state index is 0.0576. The zero-order valence-corrected chi connectivity index (χ0v) is 9.35. The van der Waals surface area contributed by atoms with Gasteiger partial charge in [0.2, 0.25) is 5.91 Å². The summed E-state index contributed by atoms with van der Waals surface area (Å²) in [5, 5.41) is 3.20. The van der Waals surface area contributed by atoms with Crippen LogP contribution in [0.15, 0.2) is 0 Å². The van der Waals surface area contributed by atoms with Gasteiger partial charge in [-0.3, -0.25) is 4.79 Å². The van der Waals surface area contributed by atoms with Crippen LogP contribution >= 0.6 is 15.9 Å². The molecule has 0 bridgehead atoms. The molecule has 0 aromatic carbocycles. The first-order valence-corrected chi connectivity index (χ1v) is 5.41. The highest BCUT2D eigenvalue weighted by atomic mass is 79.9. The van der Waals surface area contributed by atoms with Gasteiger partial charge in [0.05, 0.1) is 5.33 Å². The third kappa shape index (κ3) is 5.55. The minimum Gasteiger partial charge on any atom is -0.354 e. The number of hydrogen-bond acceptors (Lipinski definition) is 2. The van der Waals surface area contributed by atoms with Crippen molar-refractivity contribution in [1.29, 1.82) is 0 Å². The molecule has 3 nitrogen and oxygen atoms in total. The predicted molar refractivity (Wildman–Crippen MR) is 54.6 cm³/mol. The molecular weight excluding hydrogens is 220 g/mol. The van der Waals surface area contributed by atoms with Gasteiger partial charge in [-0.15, -0.1) is 0 Å². The number of carbonyl (C=O) groups is 1. The Balaban J connectivity index is 3.34. The summed E-state index contributed by atoms with van der Waals surface area (Å²) in [6, 6.07) is 0. The Morgan fingerprint density at radius 2 is 2.00 bits per heavy atom. The minimum atomic E-state index is 0.0576. The Kier molecular flexibility index (Phi) is 7.50. The van der Waals surface area contributed by atoms with Crippen LogP contribution in [-0.4, -0.2) is 42.3 Å². The molecule has 0 radical (unpaired) electrons. The number of halogens is 1. The summed E-state index contributed by atoms with van der Waals surface area (Å²) >= 11 is 3.09. The van der Waals surface area contributed by atoms with E-state index in [9.17, 15) is 4.79 Å². The molecular formula is C8H17BrN2O. The van der Waals surface area contributed by atoms with Gasteiger partial charge in [0.25, 0.3) is 0 Å². The molecule has 1 amide bonds. The van der Waals surface area contributed by atoms with Crippen molar-refractivity contribution in [2.24, 2.45) is 0 Å². The first kappa shape index (κ1) is 11.9. The molecule has 0 saturated heterocycles. The molecule has 0 aromatic heterocycles. The van der Waals surface area contributed by atoms with Gasteiger partial charge in [-0.05, 0) is 13.1 Å². The Morgan fingerprint density at radius 3 is 2.42 bits per heavy atom. The summed E-state index contributed by atoms with van der Waals surface area (Å²) < 4.78 is 0. The van der Waals surface area contributed by atoms with Crippen LogP contribution in [0.5, 0.6) is 0 Å². The molecule has 4 heteroatoms. The lowest BCUT2D eigenvalue weighted by atomic mass is 10.4. The van der Waals surface area contributed by atoms with Crippen LogP contribution in [0.25, 0.3) is 0 Å². The smallest absolute Gasteiger partial charge is 0.230 e. The Morgan fingerprint density at radius 1 is 1.42 bits per heavy atom. The van der Waals surface area contributed by atoms with Crippen LogP contribution in [-0.2, 0) is 4.79 Å². The molecule has 0 fully saturated rings. The van der Waals surface area contributed by atoms with Gasteiger partial charge in [0, 0.05) is 13.1 Å². The lowest BCUT2D eigenvalue weighted by Gasteiger charge is -2.17. The molecule has 1 N–H and O–H groups in total. The molecule has 12 heavy (non-hydrogen) atoms. The summed E-state index contributed by atoms with van der Waals surface area (Å²) in [7, 11) is 0. The monoisotopic (exact) mass is 236 g/mol. The van der Waals surface area contributed by atoms with Crippen molar-refractivity contribution in [3.8, 4) is 0 Å². The Hall–Kier alpha value is -0.0900. The average molecular weight is 237 g/mol. The second kappa shape index (κ2) is 7.55. The van der Waals surface area contributed by atoms with E-state index in [0.717, 1.165) is 26.2 Å². The van der Waals surface area contributed by atoms with E-state index in [1.807, 2.05) is 0 Å². The molecule has 72 valence electrons. The van der Waals surface area contributed by atoms with Crippen LogP contribution in [0.1, 0.15) is 13.8 Å². The van der Waals surface area contributed by atoms with E-state index >= 15 is 0 Å². The zero-order chi connectivity index (χ0) is 9.40. The van der Waals surface area contributed by atoms with Gasteiger partial charge in [-0.25, -0.2) is 0 Å². The van der Waals surface area contributed by atoms with Crippen LogP contribution < -0.4 is 5.32 Å². The maximum absolute atomic E-state index is 10.8. The number of alkyl halides is 1. The second-order valence-corrected chi connectivity index (χ2v) is 3.07. The zero-order valence-electron chi connectivity index (χ0n) is 7.77. The highest BCUT2D eigenvalue weighted by molar-refractivity contribution is 9.09. The summed E-state index contributed by atoms with van der Waals surface area (Å²) in [6.07, 6.45) is 0. The number of rotatable bonds is 6. The van der Waals surface area contributed by atoms with E-state index in [2.05, 4.69) is 40.0 Å². The molecule has 0 aliphatic heterocycles. The van der Waals surface area contributed by atoms with E-state index in [0.29, 0.717) is 5.33 Å². The van der Waals surface area contributed by atoms with E-state index in [1.165, 1.54) is 0 Å². The number of amides is 1. The van der Waals surface area contributed by atoms with Crippen molar-refractivity contribution >= 4 is 21.8 Å². The van der Waals surface area contributed by atoms with Crippen LogP contribution in [0.4, 0.5) is 0 Å². The maximum atomic E-state index is 10.8. The molecule has 0 spiro atoms. The van der Waals surface area contributed by atoms with Crippen molar-refractivity contribution in [3.63, 3.8) is 0 Å². The highest BCUT2D eigenvalue weighted by Crippen LogP contribution is 1.84. The first-order chi connectivity index (χ1) is 5.74. The number of likely N-dealkylation sites (N-methyl/N-ethyl adjacent to an activating group) is 1. The molecule has 0 aromatic rings. The average Bonchev–Trinajstić information content (AvgIpc) is 2.12. The largest absolute Gasteiger partial charge is 0.354 e. The highest BCUT2D eigenvalue weighted by Gasteiger charge is 1.99. The molecule has 0 unspecified atom stereocenters. The van der Waals surface area contributed by atoms with E-state index < -0.39 is 0 Å². The fourth-order valence-corrected chi connectivity index (χ4v) is 1.14. The topological polar surface area (TPSA) is 32.3 Å². The van der Waals surface area contributed by atoms with Crippen LogP contribution in [0.3, 0.4) is 0 Å². The van der Waals surface area contributed by atoms with Crippen molar-refractivity contribution in [2.75, 3.05) is 31.5 Å². The van der Waals surface area contributed by atoms with Gasteiger partial charge in [-0.1, -0.05) is 29.8 Å². The number of hydrogen-bond donors (Lipinski definition) is 1. The number of nitrogens with zero attached hydrogens (tertiary/aromatic N) is 1. The van der Waals surface area contributed by atoms with Crippen LogP contribution in [0.2, 0.25) is 0 Å². The van der Waals surface area contributed by atoms with E-state index in [-0.39, 0.29) is 5.91 Å². The normalized spacial score (nSPS) is 10.3. The molecule has 0 saturated carbocycles. The van der Waals surface area contributed by atoms with Crippen LogP contribution in [0, 0.1) is 0 Å². The molecule has 0 rings (SSSR count). The van der Waals surface area contributed by atoms with Gasteiger partial charge >= 0.3 is 0 Å². The predicted octanol–water partition coefficient (Wildman–Crippen LogP) is 0.839. The van der Waals surface area contributed by atoms with E-state index in [4.69, 9.17) is 0 Å². The SMILES string of the molecule is CCN(CC)CCNC(=O)CBr. The fraction of sp³-hybridized carbons (Fsp3) is 0.875. The van der Waals surface area contributed by atoms with Crippen molar-refractivity contribution in [2.45, 2.75) is 13.8 Å². The maximum Gasteiger partial charge on any atom is 0.230 e.